The van der Waals surface area contributed by atoms with Gasteiger partial charge in [-0.3, -0.25) is 13.9 Å². The van der Waals surface area contributed by atoms with Crippen LogP contribution in [-0.2, 0) is 26.2 Å². The molecule has 0 aliphatic heterocycles. The highest BCUT2D eigenvalue weighted by atomic mass is 35.5. The van der Waals surface area contributed by atoms with E-state index in [1.165, 1.54) is 23.1 Å². The van der Waals surface area contributed by atoms with Gasteiger partial charge < -0.3 is 10.2 Å². The minimum Gasteiger partial charge on any atom is -0.354 e. The molecule has 1 atom stereocenters. The second-order valence-electron chi connectivity index (χ2n) is 9.56. The summed E-state index contributed by atoms with van der Waals surface area (Å²) >= 11 is 19.3. The number of carbonyl (C=O) groups is 2. The number of amides is 2. The molecular weight excluding hydrogens is 593 g/mol. The van der Waals surface area contributed by atoms with Crippen LogP contribution < -0.4 is 9.62 Å². The standard InChI is InChI=1S/C29H32Cl3N3O4S/c1-4-26(29(37)33-17-20(2)3)34(18-22-23(30)14-10-15-24(22)31)28(36)19-35(27-16-9-8-13-25(27)32)40(38,39)21-11-6-5-7-12-21/h5-16,20,26H,4,17-19H2,1-3H3,(H,33,37)/t26-/m1/s1. The molecule has 0 bridgehead atoms. The van der Waals surface area contributed by atoms with Crippen LogP contribution in [0.4, 0.5) is 5.69 Å². The molecule has 0 fully saturated rings. The van der Waals surface area contributed by atoms with Crippen LogP contribution in [0.5, 0.6) is 0 Å². The molecule has 0 saturated heterocycles. The lowest BCUT2D eigenvalue weighted by molar-refractivity contribution is -0.140. The Morgan fingerprint density at radius 3 is 2.00 bits per heavy atom. The molecule has 3 aromatic carbocycles. The topological polar surface area (TPSA) is 86.8 Å². The van der Waals surface area contributed by atoms with Gasteiger partial charge in [0, 0.05) is 28.7 Å². The number of para-hydroxylation sites is 1. The molecule has 2 amide bonds. The molecule has 0 aromatic heterocycles. The maximum atomic E-state index is 14.1. The van der Waals surface area contributed by atoms with Crippen LogP contribution >= 0.6 is 34.8 Å². The lowest BCUT2D eigenvalue weighted by atomic mass is 10.1. The van der Waals surface area contributed by atoms with Gasteiger partial charge in [-0.05, 0) is 48.7 Å². The maximum absolute atomic E-state index is 14.1. The zero-order valence-corrected chi connectivity index (χ0v) is 25.6. The minimum atomic E-state index is -4.22. The van der Waals surface area contributed by atoms with E-state index in [0.29, 0.717) is 22.2 Å². The molecule has 0 aliphatic rings. The van der Waals surface area contributed by atoms with Crippen molar-refractivity contribution < 1.29 is 18.0 Å². The van der Waals surface area contributed by atoms with Crippen molar-refractivity contribution in [2.75, 3.05) is 17.4 Å². The summed E-state index contributed by atoms with van der Waals surface area (Å²) in [4.78, 5) is 28.7. The number of hydrogen-bond acceptors (Lipinski definition) is 4. The Morgan fingerprint density at radius 2 is 1.43 bits per heavy atom. The molecule has 0 aliphatic carbocycles. The van der Waals surface area contributed by atoms with Crippen LogP contribution in [0.2, 0.25) is 15.1 Å². The zero-order valence-electron chi connectivity index (χ0n) is 22.5. The number of nitrogens with zero attached hydrogens (tertiary/aromatic N) is 2. The summed E-state index contributed by atoms with van der Waals surface area (Å²) in [5.74, 6) is -0.791. The number of halogens is 3. The van der Waals surface area contributed by atoms with Crippen molar-refractivity contribution in [3.05, 3.63) is 93.4 Å². The third kappa shape index (κ3) is 7.69. The summed E-state index contributed by atoms with van der Waals surface area (Å²) in [6.45, 7) is 5.40. The normalized spacial score (nSPS) is 12.2. The highest BCUT2D eigenvalue weighted by Gasteiger charge is 2.34. The predicted molar refractivity (Wildman–Crippen MR) is 161 cm³/mol. The summed E-state index contributed by atoms with van der Waals surface area (Å²) in [6.07, 6.45) is 0.273. The van der Waals surface area contributed by atoms with Crippen LogP contribution in [0, 0.1) is 5.92 Å². The summed E-state index contributed by atoms with van der Waals surface area (Å²) in [5, 5.41) is 3.68. The third-order valence-electron chi connectivity index (χ3n) is 6.19. The predicted octanol–water partition coefficient (Wildman–Crippen LogP) is 6.42. The summed E-state index contributed by atoms with van der Waals surface area (Å²) in [6, 6.07) is 18.2. The Balaban J connectivity index is 2.09. The molecule has 0 heterocycles. The Labute approximate surface area is 251 Å². The second kappa shape index (κ2) is 14.2. The van der Waals surface area contributed by atoms with Crippen molar-refractivity contribution in [3.63, 3.8) is 0 Å². The molecule has 3 rings (SSSR count). The second-order valence-corrected chi connectivity index (χ2v) is 12.6. The lowest BCUT2D eigenvalue weighted by Crippen LogP contribution is -2.52. The van der Waals surface area contributed by atoms with Gasteiger partial charge in [0.05, 0.1) is 15.6 Å². The van der Waals surface area contributed by atoms with Crippen LogP contribution in [0.15, 0.2) is 77.7 Å². The molecular formula is C29H32Cl3N3O4S. The van der Waals surface area contributed by atoms with Gasteiger partial charge in [-0.25, -0.2) is 8.42 Å². The molecule has 11 heteroatoms. The van der Waals surface area contributed by atoms with Crippen molar-refractivity contribution in [2.45, 2.75) is 44.7 Å². The van der Waals surface area contributed by atoms with Crippen molar-refractivity contribution >= 4 is 62.3 Å². The fourth-order valence-electron chi connectivity index (χ4n) is 4.08. The summed E-state index contributed by atoms with van der Waals surface area (Å²) in [7, 11) is -4.22. The van der Waals surface area contributed by atoms with E-state index in [4.69, 9.17) is 34.8 Å². The first-order valence-corrected chi connectivity index (χ1v) is 15.4. The zero-order chi connectivity index (χ0) is 29.4. The van der Waals surface area contributed by atoms with Gasteiger partial charge in [-0.15, -0.1) is 0 Å². The molecule has 7 nitrogen and oxygen atoms in total. The largest absolute Gasteiger partial charge is 0.354 e. The number of rotatable bonds is 12. The van der Waals surface area contributed by atoms with Crippen LogP contribution in [0.1, 0.15) is 32.8 Å². The number of carbonyl (C=O) groups excluding carboxylic acids is 2. The van der Waals surface area contributed by atoms with Crippen molar-refractivity contribution in [1.29, 1.82) is 0 Å². The van der Waals surface area contributed by atoms with E-state index in [1.54, 1.807) is 61.5 Å². The van der Waals surface area contributed by atoms with Gasteiger partial charge >= 0.3 is 0 Å². The number of nitrogens with one attached hydrogen (secondary N) is 1. The highest BCUT2D eigenvalue weighted by Crippen LogP contribution is 2.32. The van der Waals surface area contributed by atoms with E-state index < -0.39 is 28.5 Å². The molecule has 0 radical (unpaired) electrons. The van der Waals surface area contributed by atoms with Gasteiger partial charge in [-0.2, -0.15) is 0 Å². The van der Waals surface area contributed by atoms with E-state index in [9.17, 15) is 18.0 Å². The minimum absolute atomic E-state index is 0.00913. The van der Waals surface area contributed by atoms with E-state index in [-0.39, 0.29) is 40.4 Å². The lowest BCUT2D eigenvalue weighted by Gasteiger charge is -2.34. The van der Waals surface area contributed by atoms with Gasteiger partial charge in [0.15, 0.2) is 0 Å². The van der Waals surface area contributed by atoms with E-state index in [2.05, 4.69) is 5.32 Å². The Bertz CT molecular complexity index is 1420. The monoisotopic (exact) mass is 623 g/mol. The number of anilines is 1. The van der Waals surface area contributed by atoms with Gasteiger partial charge in [-0.1, -0.05) is 92.0 Å². The molecule has 3 aromatic rings. The fraction of sp³-hybridized carbons (Fsp3) is 0.310. The fourth-order valence-corrected chi connectivity index (χ4v) is 6.34. The number of hydrogen-bond donors (Lipinski definition) is 1. The average Bonchev–Trinajstić information content (AvgIpc) is 2.92. The van der Waals surface area contributed by atoms with E-state index >= 15 is 0 Å². The van der Waals surface area contributed by atoms with Gasteiger partial charge in [0.1, 0.15) is 12.6 Å². The highest BCUT2D eigenvalue weighted by molar-refractivity contribution is 7.92. The summed E-state index contributed by atoms with van der Waals surface area (Å²) in [5.41, 5.74) is 0.582. The molecule has 0 spiro atoms. The van der Waals surface area contributed by atoms with Crippen LogP contribution in [0.3, 0.4) is 0 Å². The van der Waals surface area contributed by atoms with Crippen molar-refractivity contribution in [3.8, 4) is 0 Å². The van der Waals surface area contributed by atoms with Crippen LogP contribution in [-0.4, -0.2) is 44.3 Å². The van der Waals surface area contributed by atoms with E-state index in [1.807, 2.05) is 13.8 Å². The SMILES string of the molecule is CC[C@H](C(=O)NCC(C)C)N(Cc1c(Cl)cccc1Cl)C(=O)CN(c1ccccc1Cl)S(=O)(=O)c1ccccc1. The first kappa shape index (κ1) is 31.7. The summed E-state index contributed by atoms with van der Waals surface area (Å²) < 4.78 is 28.6. The van der Waals surface area contributed by atoms with Crippen molar-refractivity contribution in [1.82, 2.24) is 10.2 Å². The van der Waals surface area contributed by atoms with E-state index in [0.717, 1.165) is 4.31 Å². The first-order chi connectivity index (χ1) is 19.0. The Hall–Kier alpha value is -2.78. The Morgan fingerprint density at radius 1 is 0.850 bits per heavy atom. The maximum Gasteiger partial charge on any atom is 0.264 e. The van der Waals surface area contributed by atoms with Crippen molar-refractivity contribution in [2.24, 2.45) is 5.92 Å². The Kier molecular flexibility index (Phi) is 11.3. The molecule has 0 saturated carbocycles. The molecule has 214 valence electrons. The first-order valence-electron chi connectivity index (χ1n) is 12.8. The molecule has 40 heavy (non-hydrogen) atoms. The smallest absolute Gasteiger partial charge is 0.264 e. The quantitative estimate of drug-likeness (QED) is 0.252. The molecule has 1 N–H and O–H groups in total. The average molecular weight is 625 g/mol. The molecule has 0 unspecified atom stereocenters. The number of sulfonamides is 1. The number of benzene rings is 3. The van der Waals surface area contributed by atoms with Gasteiger partial charge in [0.2, 0.25) is 11.8 Å². The third-order valence-corrected chi connectivity index (χ3v) is 8.99. The van der Waals surface area contributed by atoms with Crippen LogP contribution in [0.25, 0.3) is 0 Å². The van der Waals surface area contributed by atoms with Gasteiger partial charge in [0.25, 0.3) is 10.0 Å².